The molecule has 0 unspecified atom stereocenters. The van der Waals surface area contributed by atoms with E-state index in [0.717, 1.165) is 41.7 Å². The van der Waals surface area contributed by atoms with E-state index in [9.17, 15) is 0 Å². The Balaban J connectivity index is 1.61. The molecule has 108 valence electrons. The first-order valence-electron chi connectivity index (χ1n) is 6.98. The summed E-state index contributed by atoms with van der Waals surface area (Å²) in [4.78, 5) is 0. The van der Waals surface area contributed by atoms with Crippen LogP contribution >= 0.6 is 11.7 Å². The maximum atomic E-state index is 5.81. The standard InChI is InChI=1S/C16H17N3OS/c17-9-1-2-12-3-6-14(7-4-12)20-11-13-5-8-15-16(10-13)19-21-18-15/h3-8,10H,1-2,9,11,17H2. The number of hydrogen-bond acceptors (Lipinski definition) is 5. The molecular formula is C16H17N3OS. The second kappa shape index (κ2) is 6.65. The van der Waals surface area contributed by atoms with E-state index in [2.05, 4.69) is 20.9 Å². The molecule has 0 spiro atoms. The maximum Gasteiger partial charge on any atom is 0.119 e. The Morgan fingerprint density at radius 3 is 2.52 bits per heavy atom. The van der Waals surface area contributed by atoms with Gasteiger partial charge >= 0.3 is 0 Å². The highest BCUT2D eigenvalue weighted by Crippen LogP contribution is 2.17. The molecule has 1 aromatic heterocycles. The zero-order chi connectivity index (χ0) is 14.5. The normalized spacial score (nSPS) is 10.9. The second-order valence-electron chi connectivity index (χ2n) is 4.91. The lowest BCUT2D eigenvalue weighted by Crippen LogP contribution is -2.00. The summed E-state index contributed by atoms with van der Waals surface area (Å²) in [5, 5.41) is 0. The van der Waals surface area contributed by atoms with Gasteiger partial charge < -0.3 is 10.5 Å². The van der Waals surface area contributed by atoms with Gasteiger partial charge in [0.05, 0.1) is 11.7 Å². The molecule has 0 aliphatic heterocycles. The van der Waals surface area contributed by atoms with Crippen LogP contribution in [0.15, 0.2) is 42.5 Å². The third kappa shape index (κ3) is 3.56. The molecule has 0 radical (unpaired) electrons. The van der Waals surface area contributed by atoms with Crippen molar-refractivity contribution >= 4 is 22.8 Å². The zero-order valence-corrected chi connectivity index (χ0v) is 12.5. The van der Waals surface area contributed by atoms with E-state index >= 15 is 0 Å². The van der Waals surface area contributed by atoms with Crippen molar-refractivity contribution in [3.63, 3.8) is 0 Å². The summed E-state index contributed by atoms with van der Waals surface area (Å²) >= 11 is 1.23. The monoisotopic (exact) mass is 299 g/mol. The van der Waals surface area contributed by atoms with Crippen LogP contribution in [0.3, 0.4) is 0 Å². The van der Waals surface area contributed by atoms with Crippen molar-refractivity contribution in [1.29, 1.82) is 0 Å². The first-order chi connectivity index (χ1) is 10.3. The van der Waals surface area contributed by atoms with Gasteiger partial charge in [0.25, 0.3) is 0 Å². The van der Waals surface area contributed by atoms with Crippen molar-refractivity contribution in [2.75, 3.05) is 6.54 Å². The molecule has 0 saturated heterocycles. The van der Waals surface area contributed by atoms with E-state index < -0.39 is 0 Å². The van der Waals surface area contributed by atoms with Crippen LogP contribution in [0.4, 0.5) is 0 Å². The Labute approximate surface area is 127 Å². The van der Waals surface area contributed by atoms with Crippen molar-refractivity contribution < 1.29 is 4.74 Å². The van der Waals surface area contributed by atoms with Crippen LogP contribution in [-0.4, -0.2) is 15.3 Å². The number of hydrogen-bond donors (Lipinski definition) is 1. The van der Waals surface area contributed by atoms with Gasteiger partial charge in [-0.25, -0.2) is 0 Å². The average Bonchev–Trinajstić information content (AvgIpc) is 2.99. The number of aryl methyl sites for hydroxylation is 1. The van der Waals surface area contributed by atoms with Gasteiger partial charge in [0.1, 0.15) is 23.4 Å². The van der Waals surface area contributed by atoms with Crippen LogP contribution < -0.4 is 10.5 Å². The highest BCUT2D eigenvalue weighted by molar-refractivity contribution is 7.00. The van der Waals surface area contributed by atoms with Crippen LogP contribution in [0.25, 0.3) is 11.0 Å². The third-order valence-corrected chi connectivity index (χ3v) is 3.87. The lowest BCUT2D eigenvalue weighted by molar-refractivity contribution is 0.306. The molecule has 0 saturated carbocycles. The largest absolute Gasteiger partial charge is 0.489 e. The van der Waals surface area contributed by atoms with Gasteiger partial charge in [-0.3, -0.25) is 0 Å². The van der Waals surface area contributed by atoms with Crippen molar-refractivity contribution in [3.8, 4) is 5.75 Å². The minimum atomic E-state index is 0.537. The third-order valence-electron chi connectivity index (χ3n) is 3.32. The summed E-state index contributed by atoms with van der Waals surface area (Å²) in [5.74, 6) is 0.878. The molecule has 0 aliphatic carbocycles. The molecule has 5 heteroatoms. The molecule has 0 bridgehead atoms. The van der Waals surface area contributed by atoms with Crippen LogP contribution in [0.1, 0.15) is 17.5 Å². The molecule has 21 heavy (non-hydrogen) atoms. The minimum Gasteiger partial charge on any atom is -0.489 e. The van der Waals surface area contributed by atoms with Crippen LogP contribution in [0, 0.1) is 0 Å². The topological polar surface area (TPSA) is 61.0 Å². The number of aromatic nitrogens is 2. The fourth-order valence-corrected chi connectivity index (χ4v) is 2.66. The van der Waals surface area contributed by atoms with Gasteiger partial charge in [-0.15, -0.1) is 0 Å². The Morgan fingerprint density at radius 2 is 1.71 bits per heavy atom. The van der Waals surface area contributed by atoms with Gasteiger partial charge in [0, 0.05) is 0 Å². The highest BCUT2D eigenvalue weighted by atomic mass is 32.1. The summed E-state index contributed by atoms with van der Waals surface area (Å²) in [7, 11) is 0. The lowest BCUT2D eigenvalue weighted by Gasteiger charge is -2.07. The first kappa shape index (κ1) is 14.0. The molecule has 0 amide bonds. The van der Waals surface area contributed by atoms with Gasteiger partial charge in [-0.1, -0.05) is 18.2 Å². The van der Waals surface area contributed by atoms with Gasteiger partial charge in [-0.2, -0.15) is 8.75 Å². The number of fused-ring (bicyclic) bond motifs is 1. The molecule has 2 N–H and O–H groups in total. The van der Waals surface area contributed by atoms with Gasteiger partial charge in [0.15, 0.2) is 0 Å². The molecule has 3 aromatic rings. The zero-order valence-electron chi connectivity index (χ0n) is 11.7. The van der Waals surface area contributed by atoms with Crippen LogP contribution in [-0.2, 0) is 13.0 Å². The molecular weight excluding hydrogens is 282 g/mol. The molecule has 3 rings (SSSR count). The molecule has 0 fully saturated rings. The van der Waals surface area contributed by atoms with Crippen LogP contribution in [0.2, 0.25) is 0 Å². The van der Waals surface area contributed by atoms with E-state index in [1.807, 2.05) is 30.3 Å². The number of nitrogens with zero attached hydrogens (tertiary/aromatic N) is 2. The van der Waals surface area contributed by atoms with E-state index in [0.29, 0.717) is 6.61 Å². The Morgan fingerprint density at radius 1 is 0.952 bits per heavy atom. The van der Waals surface area contributed by atoms with Gasteiger partial charge in [-0.05, 0) is 54.8 Å². The summed E-state index contributed by atoms with van der Waals surface area (Å²) in [5.41, 5.74) is 9.78. The first-order valence-corrected chi connectivity index (χ1v) is 7.71. The maximum absolute atomic E-state index is 5.81. The van der Waals surface area contributed by atoms with E-state index in [1.54, 1.807) is 0 Å². The quantitative estimate of drug-likeness (QED) is 0.759. The number of rotatable bonds is 6. The van der Waals surface area contributed by atoms with E-state index in [1.165, 1.54) is 17.3 Å². The summed E-state index contributed by atoms with van der Waals surface area (Å²) < 4.78 is 14.2. The van der Waals surface area contributed by atoms with E-state index in [-0.39, 0.29) is 0 Å². The Bertz CT molecular complexity index is 709. The Kier molecular flexibility index (Phi) is 4.43. The predicted octanol–water partition coefficient (Wildman–Crippen LogP) is 3.16. The van der Waals surface area contributed by atoms with Crippen LogP contribution in [0.5, 0.6) is 5.75 Å². The fraction of sp³-hybridized carbons (Fsp3) is 0.250. The lowest BCUT2D eigenvalue weighted by atomic mass is 10.1. The summed E-state index contributed by atoms with van der Waals surface area (Å²) in [6.45, 7) is 1.27. The SMILES string of the molecule is NCCCc1ccc(OCc2ccc3nsnc3c2)cc1. The summed E-state index contributed by atoms with van der Waals surface area (Å²) in [6.07, 6.45) is 2.03. The highest BCUT2D eigenvalue weighted by Gasteiger charge is 2.01. The summed E-state index contributed by atoms with van der Waals surface area (Å²) in [6, 6.07) is 14.2. The van der Waals surface area contributed by atoms with Crippen molar-refractivity contribution in [2.24, 2.45) is 5.73 Å². The molecule has 4 nitrogen and oxygen atoms in total. The average molecular weight is 299 g/mol. The number of ether oxygens (including phenoxy) is 1. The smallest absolute Gasteiger partial charge is 0.119 e. The Hall–Kier alpha value is -1.98. The molecule has 0 atom stereocenters. The van der Waals surface area contributed by atoms with E-state index in [4.69, 9.17) is 10.5 Å². The van der Waals surface area contributed by atoms with Crippen molar-refractivity contribution in [3.05, 3.63) is 53.6 Å². The van der Waals surface area contributed by atoms with Crippen molar-refractivity contribution in [1.82, 2.24) is 8.75 Å². The minimum absolute atomic E-state index is 0.537. The van der Waals surface area contributed by atoms with Gasteiger partial charge in [0.2, 0.25) is 0 Å². The fourth-order valence-electron chi connectivity index (χ4n) is 2.14. The number of benzene rings is 2. The van der Waals surface area contributed by atoms with Crippen molar-refractivity contribution in [2.45, 2.75) is 19.4 Å². The second-order valence-corrected chi connectivity index (χ2v) is 5.44. The molecule has 2 aromatic carbocycles. The number of nitrogens with two attached hydrogens (primary N) is 1. The molecule has 0 aliphatic rings. The predicted molar refractivity (Wildman–Crippen MR) is 85.6 cm³/mol. The molecule has 1 heterocycles.